The Kier molecular flexibility index (Phi) is 4.44. The average molecular weight is 246 g/mol. The lowest BCUT2D eigenvalue weighted by Crippen LogP contribution is -2.30. The fourth-order valence-electron chi connectivity index (χ4n) is 1.07. The van der Waals surface area contributed by atoms with Gasteiger partial charge in [0.15, 0.2) is 5.82 Å². The van der Waals surface area contributed by atoms with Crippen LogP contribution in [0.25, 0.3) is 0 Å². The van der Waals surface area contributed by atoms with Gasteiger partial charge in [0.1, 0.15) is 0 Å². The minimum Gasteiger partial charge on any atom is -0.364 e. The average Bonchev–Trinajstić information content (AvgIpc) is 2.20. The first-order valence-corrected chi connectivity index (χ1v) is 6.45. The number of nitrogens with zero attached hydrogens (tertiary/aromatic N) is 1. The van der Waals surface area contributed by atoms with Crippen LogP contribution in [0.15, 0.2) is 17.2 Å². The summed E-state index contributed by atoms with van der Waals surface area (Å²) in [6, 6.07) is 0. The van der Waals surface area contributed by atoms with Gasteiger partial charge in [0.2, 0.25) is 10.0 Å². The summed E-state index contributed by atoms with van der Waals surface area (Å²) < 4.78 is 24.8. The summed E-state index contributed by atoms with van der Waals surface area (Å²) in [5.41, 5.74) is -0.372. The van der Waals surface area contributed by atoms with Gasteiger partial charge in [-0.3, -0.25) is 4.79 Å². The van der Waals surface area contributed by atoms with Crippen LogP contribution in [0, 0.1) is 0 Å². The van der Waals surface area contributed by atoms with E-state index in [0.717, 1.165) is 0 Å². The van der Waals surface area contributed by atoms with Gasteiger partial charge in [0.05, 0.1) is 5.75 Å². The third-order valence-electron chi connectivity index (χ3n) is 1.74. The van der Waals surface area contributed by atoms with E-state index in [0.29, 0.717) is 6.54 Å². The third kappa shape index (κ3) is 3.99. The highest BCUT2D eigenvalue weighted by molar-refractivity contribution is 7.89. The van der Waals surface area contributed by atoms with Crippen LogP contribution < -0.4 is 15.6 Å². The van der Waals surface area contributed by atoms with Crippen LogP contribution >= 0.6 is 0 Å². The van der Waals surface area contributed by atoms with Crippen LogP contribution in [0.4, 0.5) is 5.82 Å². The molecule has 1 aromatic rings. The Labute approximate surface area is 93.4 Å². The number of aromatic amines is 1. The Morgan fingerprint density at radius 1 is 1.50 bits per heavy atom. The van der Waals surface area contributed by atoms with Gasteiger partial charge in [-0.1, -0.05) is 6.92 Å². The molecule has 0 saturated carbocycles. The van der Waals surface area contributed by atoms with E-state index in [1.807, 2.05) is 0 Å². The zero-order valence-corrected chi connectivity index (χ0v) is 9.67. The van der Waals surface area contributed by atoms with Crippen LogP contribution in [0.5, 0.6) is 0 Å². The predicted octanol–water partition coefficient (Wildman–Crippen LogP) is -0.879. The van der Waals surface area contributed by atoms with Crippen molar-refractivity contribution in [3.05, 3.63) is 22.7 Å². The normalized spacial score (nSPS) is 11.3. The molecule has 7 nitrogen and oxygen atoms in total. The molecule has 1 heterocycles. The molecule has 0 amide bonds. The van der Waals surface area contributed by atoms with Crippen molar-refractivity contribution in [2.45, 2.75) is 6.92 Å². The molecule has 0 radical (unpaired) electrons. The summed E-state index contributed by atoms with van der Waals surface area (Å²) in [5.74, 6) is 0.0193. The third-order valence-corrected chi connectivity index (χ3v) is 3.21. The van der Waals surface area contributed by atoms with Crippen molar-refractivity contribution < 1.29 is 8.42 Å². The zero-order valence-electron chi connectivity index (χ0n) is 8.86. The van der Waals surface area contributed by atoms with E-state index < -0.39 is 10.0 Å². The summed E-state index contributed by atoms with van der Waals surface area (Å²) in [4.78, 5) is 17.4. The molecule has 0 atom stereocenters. The molecule has 0 fully saturated rings. The van der Waals surface area contributed by atoms with Crippen molar-refractivity contribution in [1.29, 1.82) is 0 Å². The van der Waals surface area contributed by atoms with Gasteiger partial charge in [-0.15, -0.1) is 0 Å². The molecule has 3 N–H and O–H groups in total. The molecule has 16 heavy (non-hydrogen) atoms. The molecule has 1 rings (SSSR count). The van der Waals surface area contributed by atoms with Crippen LogP contribution in [0.3, 0.4) is 0 Å². The van der Waals surface area contributed by atoms with Crippen molar-refractivity contribution in [1.82, 2.24) is 14.7 Å². The minimum absolute atomic E-state index is 0.100. The number of rotatable bonds is 6. The lowest BCUT2D eigenvalue weighted by molar-refractivity contribution is 0.584. The lowest BCUT2D eigenvalue weighted by Gasteiger charge is -2.05. The van der Waals surface area contributed by atoms with Crippen molar-refractivity contribution in [2.75, 3.05) is 24.2 Å². The summed E-state index contributed by atoms with van der Waals surface area (Å²) in [6.07, 6.45) is 2.82. The molecule has 0 aromatic carbocycles. The van der Waals surface area contributed by atoms with Gasteiger partial charge in [-0.25, -0.2) is 18.1 Å². The second-order valence-electron chi connectivity index (χ2n) is 3.01. The maximum absolute atomic E-state index is 11.2. The smallest absolute Gasteiger partial charge is 0.290 e. The molecule has 1 aromatic heterocycles. The molecule has 90 valence electrons. The van der Waals surface area contributed by atoms with Crippen molar-refractivity contribution in [2.24, 2.45) is 0 Å². The first kappa shape index (κ1) is 12.7. The van der Waals surface area contributed by atoms with Gasteiger partial charge in [-0.05, 0) is 0 Å². The number of hydrogen-bond donors (Lipinski definition) is 3. The van der Waals surface area contributed by atoms with Gasteiger partial charge < -0.3 is 10.3 Å². The highest BCUT2D eigenvalue weighted by Crippen LogP contribution is 1.90. The Bertz CT molecular complexity index is 482. The first-order chi connectivity index (χ1) is 7.55. The molecular weight excluding hydrogens is 232 g/mol. The monoisotopic (exact) mass is 246 g/mol. The van der Waals surface area contributed by atoms with Gasteiger partial charge in [0, 0.05) is 25.5 Å². The van der Waals surface area contributed by atoms with E-state index in [-0.39, 0.29) is 23.7 Å². The molecule has 0 aliphatic heterocycles. The Morgan fingerprint density at radius 3 is 2.88 bits per heavy atom. The first-order valence-electron chi connectivity index (χ1n) is 4.80. The quantitative estimate of drug-likeness (QED) is 0.604. The van der Waals surface area contributed by atoms with Crippen LogP contribution in [-0.4, -0.2) is 37.2 Å². The zero-order chi connectivity index (χ0) is 12.0. The van der Waals surface area contributed by atoms with Gasteiger partial charge >= 0.3 is 0 Å². The molecule has 8 heteroatoms. The number of nitrogens with one attached hydrogen (secondary N) is 3. The standard InChI is InChI=1S/C8H14N4O3S/c1-2-12-16(14,15)6-5-10-7-8(13)11-4-3-9-7/h3-4,12H,2,5-6H2,1H3,(H,9,10)(H,11,13). The molecule has 0 bridgehead atoms. The molecule has 0 unspecified atom stereocenters. The van der Waals surface area contributed by atoms with Gasteiger partial charge in [-0.2, -0.15) is 0 Å². The van der Waals surface area contributed by atoms with Crippen LogP contribution in [0.1, 0.15) is 6.92 Å². The number of H-pyrrole nitrogens is 1. The fraction of sp³-hybridized carbons (Fsp3) is 0.500. The fourth-order valence-corrected chi connectivity index (χ4v) is 2.03. The summed E-state index contributed by atoms with van der Waals surface area (Å²) in [5, 5.41) is 2.65. The second kappa shape index (κ2) is 5.61. The second-order valence-corrected chi connectivity index (χ2v) is 4.94. The minimum atomic E-state index is -3.27. The Hall–Kier alpha value is -1.41. The van der Waals surface area contributed by atoms with Crippen LogP contribution in [-0.2, 0) is 10.0 Å². The van der Waals surface area contributed by atoms with E-state index in [1.54, 1.807) is 6.92 Å². The van der Waals surface area contributed by atoms with E-state index in [1.165, 1.54) is 12.4 Å². The predicted molar refractivity (Wildman–Crippen MR) is 60.8 cm³/mol. The van der Waals surface area contributed by atoms with E-state index in [4.69, 9.17) is 0 Å². The molecule has 0 spiro atoms. The number of aromatic nitrogens is 2. The van der Waals surface area contributed by atoms with E-state index >= 15 is 0 Å². The molecule has 0 aliphatic rings. The maximum Gasteiger partial charge on any atom is 0.290 e. The van der Waals surface area contributed by atoms with E-state index in [9.17, 15) is 13.2 Å². The van der Waals surface area contributed by atoms with Crippen molar-refractivity contribution in [3.8, 4) is 0 Å². The molecular formula is C8H14N4O3S. The van der Waals surface area contributed by atoms with E-state index in [2.05, 4.69) is 20.0 Å². The summed E-state index contributed by atoms with van der Waals surface area (Å²) in [6.45, 7) is 2.19. The van der Waals surface area contributed by atoms with Gasteiger partial charge in [0.25, 0.3) is 5.56 Å². The SMILES string of the molecule is CCNS(=O)(=O)CCNc1ncc[nH]c1=O. The van der Waals surface area contributed by atoms with Crippen molar-refractivity contribution in [3.63, 3.8) is 0 Å². The van der Waals surface area contributed by atoms with Crippen LogP contribution in [0.2, 0.25) is 0 Å². The molecule has 0 aliphatic carbocycles. The number of anilines is 1. The summed E-state index contributed by atoms with van der Waals surface area (Å²) >= 11 is 0. The largest absolute Gasteiger partial charge is 0.364 e. The number of hydrogen-bond acceptors (Lipinski definition) is 5. The highest BCUT2D eigenvalue weighted by Gasteiger charge is 2.08. The Morgan fingerprint density at radius 2 is 2.25 bits per heavy atom. The Balaban J connectivity index is 2.48. The maximum atomic E-state index is 11.2. The highest BCUT2D eigenvalue weighted by atomic mass is 32.2. The molecule has 0 saturated heterocycles. The van der Waals surface area contributed by atoms with Crippen molar-refractivity contribution >= 4 is 15.8 Å². The topological polar surface area (TPSA) is 104 Å². The lowest BCUT2D eigenvalue weighted by atomic mass is 10.6. The summed E-state index contributed by atoms with van der Waals surface area (Å²) in [7, 11) is -3.27. The number of sulfonamides is 1.